The Morgan fingerprint density at radius 1 is 1.15 bits per heavy atom. The quantitative estimate of drug-likeness (QED) is 0.834. The molecule has 0 amide bonds. The van der Waals surface area contributed by atoms with Crippen LogP contribution in [0, 0.1) is 11.6 Å². The number of fused-ring (bicyclic) bond motifs is 1. The number of hydrogen-bond acceptors (Lipinski definition) is 2. The fourth-order valence-electron chi connectivity index (χ4n) is 2.25. The fourth-order valence-corrected chi connectivity index (χ4v) is 2.25. The molecule has 2 nitrogen and oxygen atoms in total. The van der Waals surface area contributed by atoms with Gasteiger partial charge >= 0.3 is 0 Å². The van der Waals surface area contributed by atoms with Gasteiger partial charge < -0.3 is 10.5 Å². The molecule has 0 spiro atoms. The monoisotopic (exact) mass is 283 g/mol. The van der Waals surface area contributed by atoms with Gasteiger partial charge in [0.1, 0.15) is 0 Å². The lowest BCUT2D eigenvalue weighted by atomic mass is 9.83. The summed E-state index contributed by atoms with van der Waals surface area (Å²) in [5.74, 6) is -2.69. The van der Waals surface area contributed by atoms with Crippen molar-refractivity contribution < 1.29 is 17.9 Å². The van der Waals surface area contributed by atoms with E-state index in [1.165, 1.54) is 6.07 Å². The van der Waals surface area contributed by atoms with Crippen LogP contribution < -0.4 is 10.5 Å². The molecule has 0 atom stereocenters. The van der Waals surface area contributed by atoms with Crippen molar-refractivity contribution in [2.75, 3.05) is 12.6 Å². The normalized spacial score (nSPS) is 11.9. The van der Waals surface area contributed by atoms with E-state index in [1.54, 1.807) is 6.07 Å². The van der Waals surface area contributed by atoms with Crippen molar-refractivity contribution in [1.82, 2.24) is 0 Å². The van der Waals surface area contributed by atoms with Crippen LogP contribution in [0.1, 0.15) is 26.3 Å². The molecule has 20 heavy (non-hydrogen) atoms. The van der Waals surface area contributed by atoms with Gasteiger partial charge in [-0.15, -0.1) is 0 Å². The van der Waals surface area contributed by atoms with Crippen LogP contribution in [0.3, 0.4) is 0 Å². The minimum Gasteiger partial charge on any atom is -0.459 e. The molecule has 2 rings (SSSR count). The van der Waals surface area contributed by atoms with E-state index < -0.39 is 24.2 Å². The molecule has 0 aliphatic heterocycles. The lowest BCUT2D eigenvalue weighted by Crippen LogP contribution is -2.13. The number of benzene rings is 2. The van der Waals surface area contributed by atoms with Crippen LogP contribution in [-0.2, 0) is 5.41 Å². The molecule has 0 radical (unpaired) electrons. The molecule has 108 valence electrons. The minimum absolute atomic E-state index is 0.350. The number of ether oxygens (including phenoxy) is 1. The first-order chi connectivity index (χ1) is 9.25. The number of nitrogens with two attached hydrogens (primary N) is 1. The zero-order valence-electron chi connectivity index (χ0n) is 11.6. The van der Waals surface area contributed by atoms with Crippen LogP contribution in [0.5, 0.6) is 5.75 Å². The summed E-state index contributed by atoms with van der Waals surface area (Å²) in [5.41, 5.74) is 6.53. The number of alkyl halides is 1. The Bertz CT molecular complexity index is 662. The van der Waals surface area contributed by atoms with Crippen molar-refractivity contribution in [3.8, 4) is 5.75 Å². The Hall–Kier alpha value is -1.91. The molecule has 0 saturated carbocycles. The lowest BCUT2D eigenvalue weighted by molar-refractivity contribution is 0.185. The topological polar surface area (TPSA) is 35.2 Å². The second kappa shape index (κ2) is 4.89. The third kappa shape index (κ3) is 2.40. The zero-order valence-corrected chi connectivity index (χ0v) is 11.6. The molecular weight excluding hydrogens is 267 g/mol. The highest BCUT2D eigenvalue weighted by molar-refractivity contribution is 5.94. The molecule has 0 heterocycles. The predicted molar refractivity (Wildman–Crippen MR) is 73.6 cm³/mol. The Kier molecular flexibility index (Phi) is 3.54. The molecule has 0 unspecified atom stereocenters. The second-order valence-electron chi connectivity index (χ2n) is 5.67. The molecule has 5 heteroatoms. The summed E-state index contributed by atoms with van der Waals surface area (Å²) in [5, 5.41) is 0.737. The van der Waals surface area contributed by atoms with E-state index in [0.29, 0.717) is 22.0 Å². The molecule has 0 aliphatic rings. The van der Waals surface area contributed by atoms with Gasteiger partial charge in [0.05, 0.1) is 0 Å². The average Bonchev–Trinajstić information content (AvgIpc) is 2.32. The first-order valence-electron chi connectivity index (χ1n) is 6.16. The number of halogens is 3. The van der Waals surface area contributed by atoms with Crippen molar-refractivity contribution in [2.45, 2.75) is 26.2 Å². The summed E-state index contributed by atoms with van der Waals surface area (Å²) in [6.45, 7) is 4.48. The highest BCUT2D eigenvalue weighted by atomic mass is 19.2. The number of nitrogen functional groups attached to an aromatic ring is 1. The van der Waals surface area contributed by atoms with Crippen LogP contribution in [0.25, 0.3) is 10.8 Å². The highest BCUT2D eigenvalue weighted by Gasteiger charge is 2.24. The van der Waals surface area contributed by atoms with E-state index >= 15 is 0 Å². The van der Waals surface area contributed by atoms with Gasteiger partial charge in [0, 0.05) is 11.1 Å². The molecule has 0 aliphatic carbocycles. The van der Waals surface area contributed by atoms with Crippen LogP contribution in [-0.4, -0.2) is 6.86 Å². The molecular formula is C15H16F3NO. The Morgan fingerprint density at radius 2 is 1.80 bits per heavy atom. The van der Waals surface area contributed by atoms with E-state index in [9.17, 15) is 13.2 Å². The fraction of sp³-hybridized carbons (Fsp3) is 0.333. The van der Waals surface area contributed by atoms with Gasteiger partial charge in [-0.2, -0.15) is 4.39 Å². The van der Waals surface area contributed by atoms with E-state index in [-0.39, 0.29) is 5.41 Å². The summed E-state index contributed by atoms with van der Waals surface area (Å²) >= 11 is 0. The third-order valence-electron chi connectivity index (χ3n) is 3.12. The average molecular weight is 283 g/mol. The van der Waals surface area contributed by atoms with Gasteiger partial charge in [0.15, 0.2) is 11.6 Å². The van der Waals surface area contributed by atoms with Crippen molar-refractivity contribution in [1.29, 1.82) is 0 Å². The van der Waals surface area contributed by atoms with Crippen LogP contribution in [0.4, 0.5) is 18.9 Å². The van der Waals surface area contributed by atoms with Crippen molar-refractivity contribution in [3.05, 3.63) is 35.4 Å². The molecule has 2 aromatic carbocycles. The Labute approximate surface area is 115 Å². The summed E-state index contributed by atoms with van der Waals surface area (Å²) in [7, 11) is 0. The van der Waals surface area contributed by atoms with Gasteiger partial charge in [0.25, 0.3) is 0 Å². The molecule has 0 aromatic heterocycles. The van der Waals surface area contributed by atoms with Gasteiger partial charge in [-0.3, -0.25) is 0 Å². The summed E-state index contributed by atoms with van der Waals surface area (Å²) < 4.78 is 44.6. The molecule has 0 saturated heterocycles. The molecule has 2 aromatic rings. The maximum Gasteiger partial charge on any atom is 0.228 e. The molecule has 0 bridgehead atoms. The summed E-state index contributed by atoms with van der Waals surface area (Å²) in [4.78, 5) is 0. The Balaban J connectivity index is 2.96. The van der Waals surface area contributed by atoms with Crippen molar-refractivity contribution >= 4 is 16.5 Å². The SMILES string of the molecule is CC(C)(C)c1cc(N)cc2cc(F)c(F)c(OCF)c12. The van der Waals surface area contributed by atoms with E-state index in [0.717, 1.165) is 6.07 Å². The number of hydrogen-bond donors (Lipinski definition) is 1. The van der Waals surface area contributed by atoms with E-state index in [1.807, 2.05) is 20.8 Å². The smallest absolute Gasteiger partial charge is 0.228 e. The van der Waals surface area contributed by atoms with Gasteiger partial charge in [-0.1, -0.05) is 20.8 Å². The van der Waals surface area contributed by atoms with E-state index in [4.69, 9.17) is 5.73 Å². The molecule has 2 N–H and O–H groups in total. The van der Waals surface area contributed by atoms with Crippen molar-refractivity contribution in [3.63, 3.8) is 0 Å². The Morgan fingerprint density at radius 3 is 2.35 bits per heavy atom. The van der Waals surface area contributed by atoms with Crippen LogP contribution in [0.15, 0.2) is 18.2 Å². The van der Waals surface area contributed by atoms with Crippen molar-refractivity contribution in [2.24, 2.45) is 0 Å². The molecule has 0 fully saturated rings. The van der Waals surface area contributed by atoms with E-state index in [2.05, 4.69) is 4.74 Å². The summed E-state index contributed by atoms with van der Waals surface area (Å²) in [6, 6.07) is 4.23. The van der Waals surface area contributed by atoms with Gasteiger partial charge in [-0.25, -0.2) is 8.78 Å². The highest BCUT2D eigenvalue weighted by Crippen LogP contribution is 2.40. The zero-order chi connectivity index (χ0) is 15.1. The standard InChI is InChI=1S/C15H16F3NO/c1-15(2,3)10-6-9(19)4-8-5-11(17)13(18)14(12(8)10)20-7-16/h4-6H,7,19H2,1-3H3. The first-order valence-corrected chi connectivity index (χ1v) is 6.16. The third-order valence-corrected chi connectivity index (χ3v) is 3.12. The lowest BCUT2D eigenvalue weighted by Gasteiger charge is -2.23. The largest absolute Gasteiger partial charge is 0.459 e. The second-order valence-corrected chi connectivity index (χ2v) is 5.67. The van der Waals surface area contributed by atoms with Crippen LogP contribution in [0.2, 0.25) is 0 Å². The predicted octanol–water partition coefficient (Wildman–Crippen LogP) is 4.30. The van der Waals surface area contributed by atoms with Gasteiger partial charge in [-0.05, 0) is 34.6 Å². The minimum atomic E-state index is -1.23. The first kappa shape index (κ1) is 14.5. The number of rotatable bonds is 2. The maximum absolute atomic E-state index is 13.9. The van der Waals surface area contributed by atoms with Crippen LogP contribution >= 0.6 is 0 Å². The van der Waals surface area contributed by atoms with Gasteiger partial charge in [0.2, 0.25) is 12.7 Å². The number of anilines is 1. The maximum atomic E-state index is 13.9. The summed E-state index contributed by atoms with van der Waals surface area (Å²) in [6.07, 6.45) is 0.